The quantitative estimate of drug-likeness (QED) is 0.537. The van der Waals surface area contributed by atoms with Crippen LogP contribution in [-0.2, 0) is 6.54 Å². The highest BCUT2D eigenvalue weighted by Gasteiger charge is 2.28. The number of thioether (sulfide) groups is 1. The van der Waals surface area contributed by atoms with Crippen LogP contribution in [0.1, 0.15) is 45.9 Å². The molecule has 8 heteroatoms. The lowest BCUT2D eigenvalue weighted by Crippen LogP contribution is -2.24. The first kappa shape index (κ1) is 20.8. The molecule has 2 heterocycles. The van der Waals surface area contributed by atoms with Crippen molar-refractivity contribution in [2.24, 2.45) is 0 Å². The average Bonchev–Trinajstić information content (AvgIpc) is 3.64. The van der Waals surface area contributed by atoms with Crippen molar-refractivity contribution < 1.29 is 13.9 Å². The molecule has 1 amide bonds. The van der Waals surface area contributed by atoms with Crippen LogP contribution in [0, 0.1) is 17.1 Å². The van der Waals surface area contributed by atoms with Crippen LogP contribution in [-0.4, -0.2) is 22.1 Å². The van der Waals surface area contributed by atoms with Crippen molar-refractivity contribution in [3.63, 3.8) is 0 Å². The SMILES string of the molecule is CSc1nc(C2CC2)cc(C(=O)NCc2ccc(Oc3cccnc3)c(F)c2)c1C#N. The minimum atomic E-state index is -0.544. The third kappa shape index (κ3) is 4.84. The summed E-state index contributed by atoms with van der Waals surface area (Å²) in [5.74, 6) is -0.0697. The Bertz CT molecular complexity index is 1160. The zero-order chi connectivity index (χ0) is 21.8. The number of nitrogens with one attached hydrogen (secondary N) is 1. The molecule has 0 saturated heterocycles. The summed E-state index contributed by atoms with van der Waals surface area (Å²) in [4.78, 5) is 21.3. The standard InChI is InChI=1S/C23H19FN4O2S/c1-31-23-18(11-25)17(10-20(28-23)15-5-6-15)22(29)27-12-14-4-7-21(19(24)9-14)30-16-3-2-8-26-13-16/h2-4,7-10,13,15H,5-6,12H2,1H3,(H,27,29). The average molecular weight is 434 g/mol. The smallest absolute Gasteiger partial charge is 0.253 e. The minimum Gasteiger partial charge on any atom is -0.453 e. The van der Waals surface area contributed by atoms with Gasteiger partial charge in [-0.2, -0.15) is 5.26 Å². The predicted octanol–water partition coefficient (Wildman–Crippen LogP) is 4.81. The van der Waals surface area contributed by atoms with Crippen molar-refractivity contribution in [2.45, 2.75) is 30.3 Å². The summed E-state index contributed by atoms with van der Waals surface area (Å²) in [6.45, 7) is 0.115. The third-order valence-corrected chi connectivity index (χ3v) is 5.55. The molecule has 4 rings (SSSR count). The molecule has 6 nitrogen and oxygen atoms in total. The molecular weight excluding hydrogens is 415 g/mol. The van der Waals surface area contributed by atoms with Crippen LogP contribution in [0.2, 0.25) is 0 Å². The first-order valence-corrected chi connectivity index (χ1v) is 10.9. The molecule has 0 unspecified atom stereocenters. The summed E-state index contributed by atoms with van der Waals surface area (Å²) < 4.78 is 19.9. The number of aromatic nitrogens is 2. The highest BCUT2D eigenvalue weighted by atomic mass is 32.2. The monoisotopic (exact) mass is 434 g/mol. The van der Waals surface area contributed by atoms with E-state index in [0.29, 0.717) is 27.8 Å². The van der Waals surface area contributed by atoms with Gasteiger partial charge in [-0.25, -0.2) is 9.37 Å². The number of hydrogen-bond donors (Lipinski definition) is 1. The van der Waals surface area contributed by atoms with Crippen LogP contribution in [0.3, 0.4) is 0 Å². The van der Waals surface area contributed by atoms with E-state index in [1.165, 1.54) is 30.1 Å². The Morgan fingerprint density at radius 2 is 2.19 bits per heavy atom. The fourth-order valence-electron chi connectivity index (χ4n) is 3.11. The summed E-state index contributed by atoms with van der Waals surface area (Å²) in [5, 5.41) is 12.9. The third-order valence-electron chi connectivity index (χ3n) is 4.86. The van der Waals surface area contributed by atoms with Gasteiger partial charge in [0.2, 0.25) is 0 Å². The molecule has 1 fully saturated rings. The van der Waals surface area contributed by atoms with E-state index in [1.807, 2.05) is 6.26 Å². The molecule has 2 aromatic heterocycles. The lowest BCUT2D eigenvalue weighted by atomic mass is 10.1. The maximum atomic E-state index is 14.4. The molecule has 1 aliphatic carbocycles. The Hall–Kier alpha value is -3.44. The van der Waals surface area contributed by atoms with Gasteiger partial charge in [-0.3, -0.25) is 9.78 Å². The van der Waals surface area contributed by atoms with Gasteiger partial charge in [0.05, 0.1) is 17.3 Å². The number of benzene rings is 1. The predicted molar refractivity (Wildman–Crippen MR) is 115 cm³/mol. The molecule has 0 aliphatic heterocycles. The molecule has 1 aromatic carbocycles. The fraction of sp³-hybridized carbons (Fsp3) is 0.217. The second kappa shape index (κ2) is 9.14. The van der Waals surface area contributed by atoms with E-state index in [9.17, 15) is 14.4 Å². The van der Waals surface area contributed by atoms with Crippen molar-refractivity contribution in [3.8, 4) is 17.6 Å². The zero-order valence-electron chi connectivity index (χ0n) is 16.8. The molecule has 156 valence electrons. The highest BCUT2D eigenvalue weighted by Crippen LogP contribution is 2.40. The Morgan fingerprint density at radius 3 is 2.84 bits per heavy atom. The van der Waals surface area contributed by atoms with Crippen molar-refractivity contribution in [3.05, 3.63) is 77.0 Å². The molecule has 0 spiro atoms. The molecular formula is C23H19FN4O2S. The lowest BCUT2D eigenvalue weighted by Gasteiger charge is -2.12. The van der Waals surface area contributed by atoms with E-state index in [0.717, 1.165) is 18.5 Å². The van der Waals surface area contributed by atoms with E-state index >= 15 is 0 Å². The molecule has 3 aromatic rings. The lowest BCUT2D eigenvalue weighted by molar-refractivity contribution is 0.0950. The number of hydrogen-bond acceptors (Lipinski definition) is 6. The summed E-state index contributed by atoms with van der Waals surface area (Å²) in [7, 11) is 0. The fourth-order valence-corrected chi connectivity index (χ4v) is 3.67. The van der Waals surface area contributed by atoms with Crippen LogP contribution >= 0.6 is 11.8 Å². The van der Waals surface area contributed by atoms with Crippen molar-refractivity contribution >= 4 is 17.7 Å². The van der Waals surface area contributed by atoms with E-state index in [-0.39, 0.29) is 23.8 Å². The molecule has 0 radical (unpaired) electrons. The second-order valence-corrected chi connectivity index (χ2v) is 7.90. The summed E-state index contributed by atoms with van der Waals surface area (Å²) in [5.41, 5.74) is 1.99. The number of halogens is 1. The first-order valence-electron chi connectivity index (χ1n) is 9.72. The van der Waals surface area contributed by atoms with Crippen molar-refractivity contribution in [2.75, 3.05) is 6.26 Å². The number of rotatable bonds is 7. The van der Waals surface area contributed by atoms with Gasteiger partial charge in [-0.15, -0.1) is 11.8 Å². The van der Waals surface area contributed by atoms with Gasteiger partial charge >= 0.3 is 0 Å². The highest BCUT2D eigenvalue weighted by molar-refractivity contribution is 7.98. The molecule has 0 atom stereocenters. The number of amides is 1. The van der Waals surface area contributed by atoms with E-state index < -0.39 is 5.82 Å². The summed E-state index contributed by atoms with van der Waals surface area (Å²) >= 11 is 1.35. The molecule has 1 N–H and O–H groups in total. The Kier molecular flexibility index (Phi) is 6.14. The van der Waals surface area contributed by atoms with Crippen LogP contribution in [0.5, 0.6) is 11.5 Å². The number of pyridine rings is 2. The summed E-state index contributed by atoms with van der Waals surface area (Å²) in [6.07, 6.45) is 7.01. The van der Waals surface area contributed by atoms with Gasteiger partial charge in [0, 0.05) is 24.4 Å². The number of carbonyl (C=O) groups is 1. The normalized spacial score (nSPS) is 12.8. The number of carbonyl (C=O) groups excluding carboxylic acids is 1. The van der Waals surface area contributed by atoms with Gasteiger partial charge in [0.15, 0.2) is 11.6 Å². The maximum absolute atomic E-state index is 14.4. The van der Waals surface area contributed by atoms with Crippen LogP contribution in [0.15, 0.2) is 53.8 Å². The number of nitrogens with zero attached hydrogens (tertiary/aromatic N) is 3. The Labute approximate surface area is 183 Å². The molecule has 1 aliphatic rings. The van der Waals surface area contributed by atoms with Gasteiger partial charge in [-0.05, 0) is 55.0 Å². The van der Waals surface area contributed by atoms with Crippen LogP contribution < -0.4 is 10.1 Å². The van der Waals surface area contributed by atoms with E-state index in [2.05, 4.69) is 21.4 Å². The number of nitriles is 1. The number of ether oxygens (including phenoxy) is 1. The van der Waals surface area contributed by atoms with E-state index in [1.54, 1.807) is 30.5 Å². The second-order valence-electron chi connectivity index (χ2n) is 7.10. The zero-order valence-corrected chi connectivity index (χ0v) is 17.6. The van der Waals surface area contributed by atoms with Gasteiger partial charge in [0.1, 0.15) is 16.8 Å². The Balaban J connectivity index is 1.48. The largest absolute Gasteiger partial charge is 0.453 e. The maximum Gasteiger partial charge on any atom is 0.253 e. The van der Waals surface area contributed by atoms with Gasteiger partial charge in [0.25, 0.3) is 5.91 Å². The molecule has 31 heavy (non-hydrogen) atoms. The van der Waals surface area contributed by atoms with Crippen LogP contribution in [0.4, 0.5) is 4.39 Å². The molecule has 0 bridgehead atoms. The van der Waals surface area contributed by atoms with Crippen molar-refractivity contribution in [1.82, 2.24) is 15.3 Å². The van der Waals surface area contributed by atoms with Gasteiger partial charge in [-0.1, -0.05) is 6.07 Å². The summed E-state index contributed by atoms with van der Waals surface area (Å²) in [6, 6.07) is 11.7. The molecule has 1 saturated carbocycles. The van der Waals surface area contributed by atoms with Crippen molar-refractivity contribution in [1.29, 1.82) is 5.26 Å². The first-order chi connectivity index (χ1) is 15.1. The minimum absolute atomic E-state index is 0.0719. The van der Waals surface area contributed by atoms with E-state index in [4.69, 9.17) is 4.74 Å². The Morgan fingerprint density at radius 1 is 1.35 bits per heavy atom. The van der Waals surface area contributed by atoms with Crippen LogP contribution in [0.25, 0.3) is 0 Å². The topological polar surface area (TPSA) is 87.9 Å². The van der Waals surface area contributed by atoms with Gasteiger partial charge < -0.3 is 10.1 Å².